The fourth-order valence-electron chi connectivity index (χ4n) is 3.58. The van der Waals surface area contributed by atoms with Crippen LogP contribution in [-0.4, -0.2) is 27.3 Å². The highest BCUT2D eigenvalue weighted by Gasteiger charge is 2.37. The van der Waals surface area contributed by atoms with Gasteiger partial charge in [0.15, 0.2) is 0 Å². The molecule has 2 aliphatic carbocycles. The first-order valence-electron chi connectivity index (χ1n) is 9.38. The number of ether oxygens (including phenoxy) is 2. The molecule has 2 aromatic carbocycles. The Labute approximate surface area is 180 Å². The second-order valence-electron chi connectivity index (χ2n) is 7.23. The smallest absolute Gasteiger partial charge is 0.119 e. The molecule has 0 aliphatic heterocycles. The molecule has 0 amide bonds. The number of nitrogens with two attached hydrogens (primary N) is 2. The highest BCUT2D eigenvalue weighted by atomic mass is 35.5. The largest absolute Gasteiger partial charge is 0.497 e. The third-order valence-electron chi connectivity index (χ3n) is 5.49. The summed E-state index contributed by atoms with van der Waals surface area (Å²) < 4.78 is 10.3. The minimum absolute atomic E-state index is 0. The van der Waals surface area contributed by atoms with Crippen molar-refractivity contribution in [2.24, 2.45) is 23.3 Å². The van der Waals surface area contributed by atoms with E-state index in [1.54, 1.807) is 14.2 Å². The lowest BCUT2D eigenvalue weighted by Crippen LogP contribution is -2.01. The number of halogens is 2. The van der Waals surface area contributed by atoms with E-state index in [1.165, 1.54) is 24.0 Å². The van der Waals surface area contributed by atoms with E-state index in [4.69, 9.17) is 20.9 Å². The van der Waals surface area contributed by atoms with Crippen molar-refractivity contribution in [3.05, 3.63) is 59.7 Å². The molecule has 0 saturated heterocycles. The van der Waals surface area contributed by atoms with Gasteiger partial charge in [0.05, 0.1) is 14.2 Å². The molecular weight excluding hydrogens is 395 g/mol. The number of hydrogen-bond donors (Lipinski definition) is 2. The third kappa shape index (κ3) is 6.28. The number of hydrogen-bond acceptors (Lipinski definition) is 4. The highest BCUT2D eigenvalue weighted by Crippen LogP contribution is 2.47. The molecule has 0 heterocycles. The Bertz CT molecular complexity index is 668. The molecule has 2 aromatic rings. The van der Waals surface area contributed by atoms with E-state index >= 15 is 0 Å². The Hall–Kier alpha value is -1.46. The third-order valence-corrected chi connectivity index (χ3v) is 5.49. The van der Waals surface area contributed by atoms with E-state index in [1.807, 2.05) is 24.3 Å². The van der Waals surface area contributed by atoms with Gasteiger partial charge in [-0.3, -0.25) is 0 Å². The molecule has 4 N–H and O–H groups in total. The molecule has 0 aromatic heterocycles. The first-order valence-corrected chi connectivity index (χ1v) is 9.38. The second-order valence-corrected chi connectivity index (χ2v) is 7.23. The van der Waals surface area contributed by atoms with E-state index in [0.717, 1.165) is 24.6 Å². The van der Waals surface area contributed by atoms with Crippen LogP contribution in [0.3, 0.4) is 0 Å². The molecule has 4 nitrogen and oxygen atoms in total. The van der Waals surface area contributed by atoms with Gasteiger partial charge in [-0.15, -0.1) is 24.8 Å². The molecule has 2 saturated carbocycles. The zero-order valence-corrected chi connectivity index (χ0v) is 18.2. The van der Waals surface area contributed by atoms with Crippen LogP contribution in [0.4, 0.5) is 0 Å². The van der Waals surface area contributed by atoms with Crippen molar-refractivity contribution in [3.8, 4) is 11.5 Å². The van der Waals surface area contributed by atoms with Crippen molar-refractivity contribution in [3.63, 3.8) is 0 Å². The van der Waals surface area contributed by atoms with Gasteiger partial charge in [-0.1, -0.05) is 24.3 Å². The molecule has 0 radical (unpaired) electrons. The van der Waals surface area contributed by atoms with Crippen LogP contribution in [0.5, 0.6) is 11.5 Å². The average molecular weight is 427 g/mol. The van der Waals surface area contributed by atoms with Crippen LogP contribution in [0, 0.1) is 11.8 Å². The van der Waals surface area contributed by atoms with E-state index < -0.39 is 0 Å². The first-order chi connectivity index (χ1) is 12.7. The zero-order chi connectivity index (χ0) is 18.5. The quantitative estimate of drug-likeness (QED) is 0.719. The van der Waals surface area contributed by atoms with Crippen molar-refractivity contribution >= 4 is 24.8 Å². The second kappa shape index (κ2) is 11.5. The number of methoxy groups -OCH3 is 2. The molecular formula is C22H32Cl2N2O2. The van der Waals surface area contributed by atoms with E-state index in [-0.39, 0.29) is 24.8 Å². The maximum absolute atomic E-state index is 5.60. The minimum atomic E-state index is 0. The molecule has 0 spiro atoms. The van der Waals surface area contributed by atoms with Crippen molar-refractivity contribution in [1.82, 2.24) is 0 Å². The summed E-state index contributed by atoms with van der Waals surface area (Å²) in [4.78, 5) is 0. The maximum atomic E-state index is 5.60. The lowest BCUT2D eigenvalue weighted by Gasteiger charge is -2.02. The van der Waals surface area contributed by atoms with Crippen LogP contribution in [0.2, 0.25) is 0 Å². The van der Waals surface area contributed by atoms with Gasteiger partial charge < -0.3 is 20.9 Å². The number of rotatable bonds is 6. The fourth-order valence-corrected chi connectivity index (χ4v) is 3.58. The molecule has 28 heavy (non-hydrogen) atoms. The van der Waals surface area contributed by atoms with Gasteiger partial charge in [-0.25, -0.2) is 0 Å². The molecule has 4 rings (SSSR count). The van der Waals surface area contributed by atoms with Crippen LogP contribution in [0.15, 0.2) is 48.5 Å². The van der Waals surface area contributed by atoms with E-state index in [0.29, 0.717) is 23.7 Å². The summed E-state index contributed by atoms with van der Waals surface area (Å²) in [5.74, 6) is 4.65. The summed E-state index contributed by atoms with van der Waals surface area (Å²) in [5.41, 5.74) is 13.9. The predicted molar refractivity (Wildman–Crippen MR) is 120 cm³/mol. The van der Waals surface area contributed by atoms with E-state index in [9.17, 15) is 0 Å². The van der Waals surface area contributed by atoms with Crippen molar-refractivity contribution in [2.75, 3.05) is 27.3 Å². The summed E-state index contributed by atoms with van der Waals surface area (Å²) in [6.07, 6.45) is 2.48. The molecule has 4 atom stereocenters. The van der Waals surface area contributed by atoms with Gasteiger partial charge in [-0.2, -0.15) is 0 Å². The minimum Gasteiger partial charge on any atom is -0.497 e. The Kier molecular flexibility index (Phi) is 10.1. The average Bonchev–Trinajstić information content (AvgIpc) is 3.62. The van der Waals surface area contributed by atoms with Crippen molar-refractivity contribution in [2.45, 2.75) is 24.7 Å². The number of benzene rings is 2. The zero-order valence-electron chi connectivity index (χ0n) is 16.5. The SMILES string of the molecule is COc1cccc([C@@H]2C[C@H]2CN)c1.COc1cccc([C@H]2C[C@@H]2CN)c1.Cl.Cl. The lowest BCUT2D eigenvalue weighted by atomic mass is 10.1. The monoisotopic (exact) mass is 426 g/mol. The maximum Gasteiger partial charge on any atom is 0.119 e. The van der Waals surface area contributed by atoms with E-state index in [2.05, 4.69) is 24.3 Å². The molecule has 2 aliphatic rings. The summed E-state index contributed by atoms with van der Waals surface area (Å²) in [5, 5.41) is 0. The normalized spacial score (nSPS) is 23.9. The van der Waals surface area contributed by atoms with Crippen molar-refractivity contribution in [1.29, 1.82) is 0 Å². The first kappa shape index (κ1) is 24.6. The predicted octanol–water partition coefficient (Wildman–Crippen LogP) is 4.36. The lowest BCUT2D eigenvalue weighted by molar-refractivity contribution is 0.414. The molecule has 0 bridgehead atoms. The fraction of sp³-hybridized carbons (Fsp3) is 0.455. The summed E-state index contributed by atoms with van der Waals surface area (Å²) in [7, 11) is 3.40. The topological polar surface area (TPSA) is 70.5 Å². The van der Waals surface area contributed by atoms with Crippen LogP contribution < -0.4 is 20.9 Å². The summed E-state index contributed by atoms with van der Waals surface area (Å²) in [6.45, 7) is 1.61. The molecule has 156 valence electrons. The molecule has 2 fully saturated rings. The van der Waals surface area contributed by atoms with Gasteiger partial charge in [0.25, 0.3) is 0 Å². The van der Waals surface area contributed by atoms with Crippen LogP contribution in [0.25, 0.3) is 0 Å². The highest BCUT2D eigenvalue weighted by molar-refractivity contribution is 5.85. The molecule has 6 heteroatoms. The summed E-state index contributed by atoms with van der Waals surface area (Å²) >= 11 is 0. The standard InChI is InChI=1S/2C11H15NO.2ClH/c2*1-13-10-4-2-3-8(5-10)11-6-9(11)7-12;;/h2*2-5,9,11H,6-7,12H2,1H3;2*1H/t2*9-,11-;;/m10../s1. The van der Waals surface area contributed by atoms with Gasteiger partial charge in [-0.05, 0) is 85.0 Å². The van der Waals surface area contributed by atoms with Crippen LogP contribution >= 0.6 is 24.8 Å². The van der Waals surface area contributed by atoms with Gasteiger partial charge in [0.2, 0.25) is 0 Å². The van der Waals surface area contributed by atoms with Crippen molar-refractivity contribution < 1.29 is 9.47 Å². The van der Waals surface area contributed by atoms with Gasteiger partial charge >= 0.3 is 0 Å². The Morgan fingerprint density at radius 2 is 1.14 bits per heavy atom. The van der Waals surface area contributed by atoms with Crippen LogP contribution in [-0.2, 0) is 0 Å². The van der Waals surface area contributed by atoms with Gasteiger partial charge in [0, 0.05) is 0 Å². The Balaban J connectivity index is 0.000000261. The van der Waals surface area contributed by atoms with Crippen LogP contribution in [0.1, 0.15) is 35.8 Å². The summed E-state index contributed by atoms with van der Waals surface area (Å²) in [6, 6.07) is 16.6. The Morgan fingerprint density at radius 1 is 0.750 bits per heavy atom. The molecule has 0 unspecified atom stereocenters. The van der Waals surface area contributed by atoms with Gasteiger partial charge in [0.1, 0.15) is 11.5 Å². The Morgan fingerprint density at radius 3 is 1.43 bits per heavy atom.